The van der Waals surface area contributed by atoms with E-state index in [1.807, 2.05) is 19.1 Å². The molecule has 0 aliphatic carbocycles. The van der Waals surface area contributed by atoms with E-state index >= 15 is 0 Å². The maximum Gasteiger partial charge on any atom is 0.353 e. The molecule has 102 valence electrons. The fourth-order valence-electron chi connectivity index (χ4n) is 1.40. The van der Waals surface area contributed by atoms with Gasteiger partial charge in [-0.2, -0.15) is 0 Å². The Morgan fingerprint density at radius 1 is 1.37 bits per heavy atom. The summed E-state index contributed by atoms with van der Waals surface area (Å²) in [6.45, 7) is 1.91. The monoisotopic (exact) mass is 282 g/mol. The van der Waals surface area contributed by atoms with Gasteiger partial charge in [0.2, 0.25) is 0 Å². The lowest BCUT2D eigenvalue weighted by Crippen LogP contribution is -2.02. The molecule has 0 unspecified atom stereocenters. The number of carbonyl (C=O) groups excluding carboxylic acids is 1. The number of aliphatic hydroxyl groups excluding tert-OH is 1. The molecule has 0 fully saturated rings. The smallest absolute Gasteiger partial charge is 0.353 e. The van der Waals surface area contributed by atoms with Gasteiger partial charge in [0.15, 0.2) is 5.03 Å². The number of aliphatic hydroxyl groups is 1. The van der Waals surface area contributed by atoms with Crippen molar-refractivity contribution in [3.8, 4) is 5.75 Å². The lowest BCUT2D eigenvalue weighted by atomic mass is 10.1. The van der Waals surface area contributed by atoms with Crippen LogP contribution in [0, 0.1) is 6.92 Å². The Kier molecular flexibility index (Phi) is 5.45. The van der Waals surface area contributed by atoms with Crippen molar-refractivity contribution in [2.45, 2.75) is 6.92 Å². The first kappa shape index (κ1) is 15.1. The highest BCUT2D eigenvalue weighted by atomic mass is 35.5. The van der Waals surface area contributed by atoms with Gasteiger partial charge in [-0.1, -0.05) is 23.7 Å². The predicted molar refractivity (Wildman–Crippen MR) is 74.3 cm³/mol. The number of ether oxygens (including phenoxy) is 2. The summed E-state index contributed by atoms with van der Waals surface area (Å²) < 4.78 is 9.49. The molecule has 0 saturated carbocycles. The average molecular weight is 283 g/mol. The minimum atomic E-state index is -0.782. The molecule has 0 spiro atoms. The number of benzene rings is 1. The molecule has 0 amide bonds. The van der Waals surface area contributed by atoms with Crippen LogP contribution in [-0.2, 0) is 9.53 Å². The lowest BCUT2D eigenvalue weighted by Gasteiger charge is -2.04. The summed E-state index contributed by atoms with van der Waals surface area (Å²) in [6.07, 6.45) is 2.99. The van der Waals surface area contributed by atoms with Crippen LogP contribution in [0.1, 0.15) is 11.1 Å². The van der Waals surface area contributed by atoms with E-state index in [4.69, 9.17) is 16.3 Å². The molecule has 1 aromatic carbocycles. The molecule has 0 aliphatic rings. The maximum atomic E-state index is 11.1. The summed E-state index contributed by atoms with van der Waals surface area (Å²) in [5.41, 5.74) is 1.85. The van der Waals surface area contributed by atoms with Gasteiger partial charge in [0.25, 0.3) is 0 Å². The second-order valence-corrected chi connectivity index (χ2v) is 4.12. The third-order valence-corrected chi connectivity index (χ3v) is 2.84. The van der Waals surface area contributed by atoms with Crippen molar-refractivity contribution in [3.63, 3.8) is 0 Å². The van der Waals surface area contributed by atoms with E-state index in [1.54, 1.807) is 19.3 Å². The third-order valence-electron chi connectivity index (χ3n) is 2.49. The van der Waals surface area contributed by atoms with E-state index in [2.05, 4.69) is 4.74 Å². The predicted octanol–water partition coefficient (Wildman–Crippen LogP) is 3.20. The molecule has 0 atom stereocenters. The van der Waals surface area contributed by atoms with E-state index in [-0.39, 0.29) is 10.8 Å². The largest absolute Gasteiger partial charge is 0.506 e. The number of hydrogen-bond donors (Lipinski definition) is 1. The van der Waals surface area contributed by atoms with Gasteiger partial charge in [0.05, 0.1) is 14.2 Å². The number of allylic oxidation sites excluding steroid dienone is 1. The molecular formula is C14H15ClO4. The molecule has 0 saturated heterocycles. The summed E-state index contributed by atoms with van der Waals surface area (Å²) in [5, 5.41) is 9.25. The second-order valence-electron chi connectivity index (χ2n) is 3.75. The number of rotatable bonds is 4. The maximum absolute atomic E-state index is 11.1. The summed E-state index contributed by atoms with van der Waals surface area (Å²) in [6, 6.07) is 5.50. The number of hydrogen-bond acceptors (Lipinski definition) is 4. The Bertz CT molecular complexity index is 532. The van der Waals surface area contributed by atoms with E-state index in [0.29, 0.717) is 0 Å². The van der Waals surface area contributed by atoms with Crippen molar-refractivity contribution in [1.29, 1.82) is 0 Å². The van der Waals surface area contributed by atoms with Crippen LogP contribution >= 0.6 is 11.6 Å². The van der Waals surface area contributed by atoms with Crippen LogP contribution in [0.4, 0.5) is 0 Å². The molecule has 0 bridgehead atoms. The summed E-state index contributed by atoms with van der Waals surface area (Å²) in [7, 11) is 2.78. The van der Waals surface area contributed by atoms with Crippen LogP contribution in [0.3, 0.4) is 0 Å². The van der Waals surface area contributed by atoms with Gasteiger partial charge < -0.3 is 14.6 Å². The standard InChI is InChI=1S/C14H15ClO4/c1-9-8-11(18-2)6-4-10(9)5-7-12(16)13(15)14(17)19-3/h4-8,16H,1-3H3/b7-5+,13-12+. The molecule has 0 heterocycles. The lowest BCUT2D eigenvalue weighted by molar-refractivity contribution is -0.135. The van der Waals surface area contributed by atoms with Crippen molar-refractivity contribution in [3.05, 3.63) is 46.2 Å². The van der Waals surface area contributed by atoms with Crippen molar-refractivity contribution < 1.29 is 19.4 Å². The Morgan fingerprint density at radius 3 is 2.58 bits per heavy atom. The van der Waals surface area contributed by atoms with Crippen LogP contribution in [0.15, 0.2) is 35.1 Å². The van der Waals surface area contributed by atoms with Crippen molar-refractivity contribution in [2.75, 3.05) is 14.2 Å². The second kappa shape index (κ2) is 6.85. The average Bonchev–Trinajstić information content (AvgIpc) is 2.43. The fourth-order valence-corrected chi connectivity index (χ4v) is 1.54. The van der Waals surface area contributed by atoms with Gasteiger partial charge >= 0.3 is 5.97 Å². The SMILES string of the molecule is COC(=O)/C(Cl)=C(O)/C=C/c1ccc(OC)cc1C. The van der Waals surface area contributed by atoms with E-state index in [1.165, 1.54) is 13.2 Å². The van der Waals surface area contributed by atoms with E-state index in [9.17, 15) is 9.90 Å². The summed E-state index contributed by atoms with van der Waals surface area (Å²) >= 11 is 5.62. The highest BCUT2D eigenvalue weighted by molar-refractivity contribution is 6.41. The molecule has 1 N–H and O–H groups in total. The highest BCUT2D eigenvalue weighted by Gasteiger charge is 2.10. The van der Waals surface area contributed by atoms with Crippen molar-refractivity contribution in [1.82, 2.24) is 0 Å². The fraction of sp³-hybridized carbons (Fsp3) is 0.214. The molecule has 1 rings (SSSR count). The molecular weight excluding hydrogens is 268 g/mol. The van der Waals surface area contributed by atoms with Gasteiger partial charge in [-0.3, -0.25) is 0 Å². The topological polar surface area (TPSA) is 55.8 Å². The molecule has 0 aromatic heterocycles. The van der Waals surface area contributed by atoms with Crippen LogP contribution in [0.25, 0.3) is 6.08 Å². The minimum Gasteiger partial charge on any atom is -0.506 e. The van der Waals surface area contributed by atoms with Crippen molar-refractivity contribution in [2.24, 2.45) is 0 Å². The van der Waals surface area contributed by atoms with Crippen LogP contribution in [0.2, 0.25) is 0 Å². The zero-order valence-electron chi connectivity index (χ0n) is 10.9. The normalized spacial score (nSPS) is 12.2. The first-order chi connectivity index (χ1) is 8.99. The Morgan fingerprint density at radius 2 is 2.05 bits per heavy atom. The van der Waals surface area contributed by atoms with Crippen LogP contribution in [0.5, 0.6) is 5.75 Å². The number of halogens is 1. The molecule has 4 nitrogen and oxygen atoms in total. The first-order valence-corrected chi connectivity index (χ1v) is 5.87. The molecule has 1 aromatic rings. The van der Waals surface area contributed by atoms with Gasteiger partial charge in [-0.15, -0.1) is 0 Å². The number of aryl methyl sites for hydroxylation is 1. The summed E-state index contributed by atoms with van der Waals surface area (Å²) in [4.78, 5) is 11.1. The van der Waals surface area contributed by atoms with Gasteiger partial charge in [0, 0.05) is 0 Å². The quantitative estimate of drug-likeness (QED) is 0.399. The minimum absolute atomic E-state index is 0.344. The first-order valence-electron chi connectivity index (χ1n) is 5.49. The van der Waals surface area contributed by atoms with Crippen LogP contribution < -0.4 is 4.74 Å². The van der Waals surface area contributed by atoms with Crippen molar-refractivity contribution >= 4 is 23.6 Å². The van der Waals surface area contributed by atoms with Gasteiger partial charge in [-0.05, 0) is 36.3 Å². The molecule has 5 heteroatoms. The summed E-state index contributed by atoms with van der Waals surface area (Å²) in [5.74, 6) is -0.374. The molecule has 19 heavy (non-hydrogen) atoms. The Labute approximate surface area is 116 Å². The highest BCUT2D eigenvalue weighted by Crippen LogP contribution is 2.19. The zero-order chi connectivity index (χ0) is 14.4. The number of carbonyl (C=O) groups is 1. The molecule has 0 radical (unpaired) electrons. The number of esters is 1. The zero-order valence-corrected chi connectivity index (χ0v) is 11.7. The van der Waals surface area contributed by atoms with Gasteiger partial charge in [-0.25, -0.2) is 4.79 Å². The third kappa shape index (κ3) is 4.03. The van der Waals surface area contributed by atoms with E-state index < -0.39 is 5.97 Å². The van der Waals surface area contributed by atoms with Gasteiger partial charge in [0.1, 0.15) is 11.5 Å². The number of methoxy groups -OCH3 is 2. The van der Waals surface area contributed by atoms with E-state index in [0.717, 1.165) is 16.9 Å². The molecule has 0 aliphatic heterocycles. The Balaban J connectivity index is 2.96. The van der Waals surface area contributed by atoms with Crippen LogP contribution in [-0.4, -0.2) is 25.3 Å². The Hall–Kier alpha value is -1.94.